The summed E-state index contributed by atoms with van der Waals surface area (Å²) in [6.07, 6.45) is 0. The second kappa shape index (κ2) is 13.7. The summed E-state index contributed by atoms with van der Waals surface area (Å²) in [5, 5.41) is 5.28. The monoisotopic (exact) mass is 847 g/mol. The smallest absolute Gasteiger partial charge is 0.0726 e. The van der Waals surface area contributed by atoms with E-state index < -0.39 is 5.41 Å². The highest BCUT2D eigenvalue weighted by atomic mass is 32.1. The van der Waals surface area contributed by atoms with Gasteiger partial charge in [-0.3, -0.25) is 0 Å². The highest BCUT2D eigenvalue weighted by Crippen LogP contribution is 2.63. The van der Waals surface area contributed by atoms with Crippen LogP contribution in [0.25, 0.3) is 84.9 Å². The molecular weight excluding hydrogens is 811 g/mol. The van der Waals surface area contributed by atoms with Crippen molar-refractivity contribution in [3.8, 4) is 44.5 Å². The quantitative estimate of drug-likeness (QED) is 0.167. The zero-order valence-electron chi connectivity index (χ0n) is 34.6. The number of rotatable bonds is 5. The maximum atomic E-state index is 2.49. The molecule has 2 aromatic heterocycles. The molecule has 10 aromatic carbocycles. The second-order valence-electron chi connectivity index (χ2n) is 17.1. The number of nitrogens with zero attached hydrogens (tertiary/aromatic N) is 1. The molecular formula is C61H37NS2. The van der Waals surface area contributed by atoms with Crippen molar-refractivity contribution in [2.75, 3.05) is 4.90 Å². The van der Waals surface area contributed by atoms with Gasteiger partial charge in [0.25, 0.3) is 0 Å². The van der Waals surface area contributed by atoms with Crippen LogP contribution in [-0.2, 0) is 5.41 Å². The Kier molecular flexibility index (Phi) is 7.71. The summed E-state index contributed by atoms with van der Waals surface area (Å²) in [7, 11) is 0. The Hall–Kier alpha value is -7.56. The van der Waals surface area contributed by atoms with Gasteiger partial charge in [-0.05, 0) is 115 Å². The number of fused-ring (bicyclic) bond motifs is 16. The fourth-order valence-electron chi connectivity index (χ4n) is 11.2. The van der Waals surface area contributed by atoms with Crippen molar-refractivity contribution in [2.45, 2.75) is 5.41 Å². The minimum Gasteiger partial charge on any atom is -0.310 e. The standard InChI is InChI=1S/C61H37NS2/c1-6-22-53-45(13-1)46-14-2-7-23-54(46)61(53)55-24-8-3-15-47(55)48-36-35-42(37-56(48)61)62(40-31-27-38(28-32-40)43-18-11-20-51-49-16-4-9-25-57(49)63-59(43)51)41-33-29-39(30-34-41)44-19-12-21-52-50-17-5-10-26-58(50)64-60(44)52/h1-37H. The van der Waals surface area contributed by atoms with E-state index in [0.29, 0.717) is 0 Å². The molecule has 0 N–H and O–H groups in total. The van der Waals surface area contributed by atoms with Crippen LogP contribution in [0.4, 0.5) is 17.1 Å². The highest BCUT2D eigenvalue weighted by molar-refractivity contribution is 7.26. The van der Waals surface area contributed by atoms with Crippen LogP contribution < -0.4 is 4.90 Å². The summed E-state index contributed by atoms with van der Waals surface area (Å²) in [4.78, 5) is 2.46. The number of hydrogen-bond donors (Lipinski definition) is 0. The van der Waals surface area contributed by atoms with E-state index in [-0.39, 0.29) is 0 Å². The fourth-order valence-corrected chi connectivity index (χ4v) is 13.7. The Morgan fingerprint density at radius 3 is 1.14 bits per heavy atom. The molecule has 0 saturated carbocycles. The van der Waals surface area contributed by atoms with Crippen molar-refractivity contribution >= 4 is 80.1 Å². The Morgan fingerprint density at radius 1 is 0.281 bits per heavy atom. The van der Waals surface area contributed by atoms with Gasteiger partial charge in [-0.15, -0.1) is 22.7 Å². The van der Waals surface area contributed by atoms with Gasteiger partial charge in [0.15, 0.2) is 0 Å². The fraction of sp³-hybridized carbons (Fsp3) is 0.0164. The summed E-state index contributed by atoms with van der Waals surface area (Å²) in [5.41, 5.74) is 18.5. The lowest BCUT2D eigenvalue weighted by atomic mass is 9.70. The average Bonchev–Trinajstić information content (AvgIpc) is 4.10. The van der Waals surface area contributed by atoms with E-state index >= 15 is 0 Å². The van der Waals surface area contributed by atoms with E-state index in [4.69, 9.17) is 0 Å². The van der Waals surface area contributed by atoms with Crippen LogP contribution in [0.3, 0.4) is 0 Å². The number of anilines is 3. The summed E-state index contributed by atoms with van der Waals surface area (Å²) in [5.74, 6) is 0. The Morgan fingerprint density at radius 2 is 0.656 bits per heavy atom. The van der Waals surface area contributed by atoms with Crippen molar-refractivity contribution in [1.29, 1.82) is 0 Å². The largest absolute Gasteiger partial charge is 0.310 e. The van der Waals surface area contributed by atoms with Crippen molar-refractivity contribution in [1.82, 2.24) is 0 Å². The molecule has 0 aliphatic heterocycles. The van der Waals surface area contributed by atoms with Crippen molar-refractivity contribution in [2.24, 2.45) is 0 Å². The summed E-state index contributed by atoms with van der Waals surface area (Å²) < 4.78 is 5.31. The predicted molar refractivity (Wildman–Crippen MR) is 274 cm³/mol. The van der Waals surface area contributed by atoms with Gasteiger partial charge >= 0.3 is 0 Å². The highest BCUT2D eigenvalue weighted by Gasteiger charge is 2.51. The Balaban J connectivity index is 0.954. The number of thiophene rings is 2. The third kappa shape index (κ3) is 4.99. The molecule has 3 heteroatoms. The van der Waals surface area contributed by atoms with E-state index in [1.807, 2.05) is 22.7 Å². The van der Waals surface area contributed by atoms with Crippen LogP contribution in [0.2, 0.25) is 0 Å². The van der Waals surface area contributed by atoms with Crippen LogP contribution in [0.15, 0.2) is 224 Å². The molecule has 1 spiro atoms. The molecule has 0 fully saturated rings. The van der Waals surface area contributed by atoms with E-state index in [2.05, 4.69) is 229 Å². The summed E-state index contributed by atoms with van der Waals surface area (Å²) >= 11 is 3.77. The summed E-state index contributed by atoms with van der Waals surface area (Å²) in [6.45, 7) is 0. The zero-order chi connectivity index (χ0) is 41.9. The van der Waals surface area contributed by atoms with Crippen LogP contribution in [-0.4, -0.2) is 0 Å². The second-order valence-corrected chi connectivity index (χ2v) is 19.2. The van der Waals surface area contributed by atoms with Crippen molar-refractivity contribution < 1.29 is 0 Å². The molecule has 298 valence electrons. The molecule has 2 aliphatic rings. The van der Waals surface area contributed by atoms with Crippen LogP contribution in [0.5, 0.6) is 0 Å². The minimum absolute atomic E-state index is 0.430. The lowest BCUT2D eigenvalue weighted by molar-refractivity contribution is 0.793. The molecule has 0 saturated heterocycles. The Labute approximate surface area is 379 Å². The van der Waals surface area contributed by atoms with E-state index in [1.165, 1.54) is 107 Å². The third-order valence-corrected chi connectivity index (χ3v) is 16.4. The minimum atomic E-state index is -0.430. The van der Waals surface area contributed by atoms with Gasteiger partial charge in [0.2, 0.25) is 0 Å². The van der Waals surface area contributed by atoms with Gasteiger partial charge in [0.05, 0.1) is 5.41 Å². The van der Waals surface area contributed by atoms with Gasteiger partial charge in [-0.1, -0.05) is 176 Å². The van der Waals surface area contributed by atoms with Crippen LogP contribution in [0.1, 0.15) is 22.3 Å². The lowest BCUT2D eigenvalue weighted by Gasteiger charge is -2.32. The van der Waals surface area contributed by atoms with Gasteiger partial charge in [0.1, 0.15) is 0 Å². The molecule has 0 amide bonds. The number of hydrogen-bond acceptors (Lipinski definition) is 3. The molecule has 0 radical (unpaired) electrons. The molecule has 0 atom stereocenters. The zero-order valence-corrected chi connectivity index (χ0v) is 36.3. The molecule has 12 aromatic rings. The molecule has 64 heavy (non-hydrogen) atoms. The number of benzene rings is 10. The molecule has 0 unspecified atom stereocenters. The molecule has 0 bridgehead atoms. The maximum Gasteiger partial charge on any atom is 0.0726 e. The first-order chi connectivity index (χ1) is 31.7. The maximum absolute atomic E-state index is 2.49. The third-order valence-electron chi connectivity index (χ3n) is 13.9. The first-order valence-electron chi connectivity index (χ1n) is 22.0. The molecule has 2 aliphatic carbocycles. The van der Waals surface area contributed by atoms with Gasteiger partial charge in [0, 0.05) is 57.4 Å². The van der Waals surface area contributed by atoms with Crippen molar-refractivity contribution in [3.05, 3.63) is 247 Å². The van der Waals surface area contributed by atoms with E-state index in [9.17, 15) is 0 Å². The lowest BCUT2D eigenvalue weighted by Crippen LogP contribution is -2.26. The van der Waals surface area contributed by atoms with E-state index in [0.717, 1.165) is 17.1 Å². The summed E-state index contributed by atoms with van der Waals surface area (Å²) in [6, 6.07) is 83.9. The van der Waals surface area contributed by atoms with Gasteiger partial charge < -0.3 is 4.90 Å². The van der Waals surface area contributed by atoms with Gasteiger partial charge in [-0.2, -0.15) is 0 Å². The molecule has 1 nitrogen and oxygen atoms in total. The first kappa shape index (κ1) is 36.0. The topological polar surface area (TPSA) is 3.24 Å². The van der Waals surface area contributed by atoms with E-state index in [1.54, 1.807) is 0 Å². The van der Waals surface area contributed by atoms with Crippen LogP contribution in [0, 0.1) is 0 Å². The average molecular weight is 848 g/mol. The molecule has 2 heterocycles. The Bertz CT molecular complexity index is 3630. The van der Waals surface area contributed by atoms with Crippen LogP contribution >= 0.6 is 22.7 Å². The van der Waals surface area contributed by atoms with Gasteiger partial charge in [-0.25, -0.2) is 0 Å². The normalized spacial score (nSPS) is 13.1. The SMILES string of the molecule is c1ccc2c(c1)-c1ccccc1C21c2ccccc2-c2ccc(N(c3ccc(-c4cccc5c4sc4ccccc45)cc3)c3ccc(-c4cccc5c4sc4ccccc45)cc3)cc21. The molecule has 14 rings (SSSR count). The first-order valence-corrected chi connectivity index (χ1v) is 23.6. The predicted octanol–water partition coefficient (Wildman–Crippen LogP) is 17.6. The van der Waals surface area contributed by atoms with Crippen molar-refractivity contribution in [3.63, 3.8) is 0 Å².